The van der Waals surface area contributed by atoms with Crippen molar-refractivity contribution in [2.75, 3.05) is 6.61 Å². The number of carbonyl (C=O) groups excluding carboxylic acids is 1. The molecule has 3 atom stereocenters. The highest BCUT2D eigenvalue weighted by Gasteiger charge is 2.60. The van der Waals surface area contributed by atoms with E-state index in [9.17, 15) is 13.6 Å². The van der Waals surface area contributed by atoms with Crippen LogP contribution in [-0.4, -0.2) is 22.5 Å². The number of aromatic nitrogens is 2. The van der Waals surface area contributed by atoms with Crippen molar-refractivity contribution >= 4 is 5.97 Å². The molecule has 0 bridgehead atoms. The molecule has 0 amide bonds. The van der Waals surface area contributed by atoms with Gasteiger partial charge in [-0.2, -0.15) is 4.39 Å². The maximum atomic E-state index is 14.7. The van der Waals surface area contributed by atoms with Crippen LogP contribution in [-0.2, 0) is 22.6 Å². The van der Waals surface area contributed by atoms with E-state index >= 15 is 0 Å². The minimum Gasteiger partial charge on any atom is -0.473 e. The van der Waals surface area contributed by atoms with E-state index in [1.807, 2.05) is 19.9 Å². The van der Waals surface area contributed by atoms with Crippen molar-refractivity contribution in [2.45, 2.75) is 39.7 Å². The van der Waals surface area contributed by atoms with Crippen LogP contribution >= 0.6 is 0 Å². The zero-order chi connectivity index (χ0) is 23.3. The number of rotatable bonds is 6. The van der Waals surface area contributed by atoms with Crippen molar-refractivity contribution in [3.8, 4) is 17.0 Å². The fraction of sp³-hybridized carbons (Fsp3) is 0.346. The number of nitrogens with zero attached hydrogens (tertiary/aromatic N) is 2. The molecule has 1 saturated carbocycles. The van der Waals surface area contributed by atoms with Gasteiger partial charge in [-0.1, -0.05) is 0 Å². The van der Waals surface area contributed by atoms with Gasteiger partial charge in [-0.25, -0.2) is 14.4 Å². The Morgan fingerprint density at radius 1 is 1.15 bits per heavy atom. The van der Waals surface area contributed by atoms with E-state index < -0.39 is 5.95 Å². The largest absolute Gasteiger partial charge is 0.473 e. The first kappa shape index (κ1) is 21.5. The van der Waals surface area contributed by atoms with Gasteiger partial charge in [0.1, 0.15) is 12.4 Å². The summed E-state index contributed by atoms with van der Waals surface area (Å²) in [6.45, 7) is 5.75. The normalized spacial score (nSPS) is 20.2. The van der Waals surface area contributed by atoms with Crippen molar-refractivity contribution < 1.29 is 23.0 Å². The number of carbonyl (C=O) groups is 1. The average Bonchev–Trinajstić information content (AvgIpc) is 3.36. The maximum Gasteiger partial charge on any atom is 0.309 e. The lowest BCUT2D eigenvalue weighted by atomic mass is 9.97. The van der Waals surface area contributed by atoms with Crippen LogP contribution in [0.1, 0.15) is 40.8 Å². The quantitative estimate of drug-likeness (QED) is 0.388. The van der Waals surface area contributed by atoms with E-state index in [1.54, 1.807) is 25.3 Å². The molecule has 2 aromatic heterocycles. The molecule has 0 aliphatic heterocycles. The van der Waals surface area contributed by atoms with Gasteiger partial charge in [-0.3, -0.25) is 4.79 Å². The minimum atomic E-state index is -0.548. The molecule has 2 aliphatic rings. The lowest BCUT2D eigenvalue weighted by Crippen LogP contribution is -2.11. The minimum absolute atomic E-state index is 0.0108. The van der Waals surface area contributed by atoms with Gasteiger partial charge in [0.05, 0.1) is 12.5 Å². The Balaban J connectivity index is 1.32. The van der Waals surface area contributed by atoms with Gasteiger partial charge in [0.25, 0.3) is 0 Å². The van der Waals surface area contributed by atoms with Gasteiger partial charge in [0.15, 0.2) is 0 Å². The number of hydrogen-bond donors (Lipinski definition) is 0. The smallest absolute Gasteiger partial charge is 0.309 e. The molecule has 170 valence electrons. The molecule has 5 nitrogen and oxygen atoms in total. The van der Waals surface area contributed by atoms with Crippen LogP contribution in [0.3, 0.4) is 0 Å². The highest BCUT2D eigenvalue weighted by Crippen LogP contribution is 2.61. The number of ether oxygens (including phenoxy) is 2. The molecule has 0 radical (unpaired) electrons. The Hall–Kier alpha value is -3.35. The first-order valence-corrected chi connectivity index (χ1v) is 11.1. The molecule has 33 heavy (non-hydrogen) atoms. The molecule has 0 spiro atoms. The van der Waals surface area contributed by atoms with E-state index in [0.29, 0.717) is 23.7 Å². The molecule has 0 saturated heterocycles. The first-order valence-electron chi connectivity index (χ1n) is 11.1. The number of aryl methyl sites for hydroxylation is 2. The molecular formula is C26H24F2N2O3. The van der Waals surface area contributed by atoms with Crippen LogP contribution in [0.2, 0.25) is 0 Å². The Labute approximate surface area is 190 Å². The average molecular weight is 450 g/mol. The Bertz CT molecular complexity index is 1260. The predicted octanol–water partition coefficient (Wildman–Crippen LogP) is 5.07. The third kappa shape index (κ3) is 3.86. The summed E-state index contributed by atoms with van der Waals surface area (Å²) >= 11 is 0. The lowest BCUT2D eigenvalue weighted by Gasteiger charge is -2.14. The number of halogens is 2. The highest BCUT2D eigenvalue weighted by atomic mass is 19.1. The number of benzene rings is 1. The van der Waals surface area contributed by atoms with Gasteiger partial charge in [-0.05, 0) is 79.6 Å². The molecule has 0 unspecified atom stereocenters. The number of hydrogen-bond acceptors (Lipinski definition) is 5. The summed E-state index contributed by atoms with van der Waals surface area (Å²) in [4.78, 5) is 20.3. The number of pyridine rings is 2. The van der Waals surface area contributed by atoms with Crippen LogP contribution in [0.25, 0.3) is 11.1 Å². The van der Waals surface area contributed by atoms with Crippen LogP contribution in [0.4, 0.5) is 8.78 Å². The molecule has 2 heterocycles. The van der Waals surface area contributed by atoms with E-state index in [4.69, 9.17) is 9.47 Å². The van der Waals surface area contributed by atoms with Gasteiger partial charge in [0.2, 0.25) is 11.8 Å². The Kier molecular flexibility index (Phi) is 5.35. The van der Waals surface area contributed by atoms with Crippen molar-refractivity contribution in [3.63, 3.8) is 0 Å². The molecule has 1 aromatic carbocycles. The fourth-order valence-electron chi connectivity index (χ4n) is 4.99. The van der Waals surface area contributed by atoms with E-state index in [-0.39, 0.29) is 36.1 Å². The topological polar surface area (TPSA) is 61.3 Å². The molecule has 7 heteroatoms. The molecule has 0 N–H and O–H groups in total. The molecule has 3 aromatic rings. The Morgan fingerprint density at radius 3 is 2.73 bits per heavy atom. The third-order valence-electron chi connectivity index (χ3n) is 6.65. The summed E-state index contributed by atoms with van der Waals surface area (Å²) in [5, 5.41) is 0. The number of esters is 1. The zero-order valence-electron chi connectivity index (χ0n) is 18.7. The highest BCUT2D eigenvalue weighted by molar-refractivity contribution is 5.79. The SMILES string of the molecule is CCOC(=O)[C@H]1[C@@H]2Cc3cc(OCc4cc(-c5ccc(F)nc5C)c(C)cc4F)ncc3[C@@H]21. The summed E-state index contributed by atoms with van der Waals surface area (Å²) in [6.07, 6.45) is 2.56. The van der Waals surface area contributed by atoms with Crippen molar-refractivity contribution in [1.82, 2.24) is 9.97 Å². The van der Waals surface area contributed by atoms with Crippen LogP contribution in [0.15, 0.2) is 36.5 Å². The second-order valence-corrected chi connectivity index (χ2v) is 8.71. The molecular weight excluding hydrogens is 426 g/mol. The number of fused-ring (bicyclic) bond motifs is 3. The summed E-state index contributed by atoms with van der Waals surface area (Å²) in [7, 11) is 0. The summed E-state index contributed by atoms with van der Waals surface area (Å²) in [5.41, 5.74) is 5.39. The monoisotopic (exact) mass is 450 g/mol. The van der Waals surface area contributed by atoms with Gasteiger partial charge in [0, 0.05) is 35.0 Å². The second kappa shape index (κ2) is 8.21. The standard InChI is InChI=1S/C26H24F2N2O3/c1-4-32-26(31)25-19-8-15-10-23(29-11-20(15)24(19)25)33-12-16-9-18(13(2)7-21(16)27)17-5-6-22(28)30-14(17)3/h5-7,9-11,19,24-25H,4,8,12H2,1-3H3/t19-,24-,25+/m1/s1. The lowest BCUT2D eigenvalue weighted by molar-refractivity contribution is -0.145. The molecule has 5 rings (SSSR count). The predicted molar refractivity (Wildman–Crippen MR) is 118 cm³/mol. The van der Waals surface area contributed by atoms with Crippen LogP contribution in [0, 0.1) is 37.4 Å². The summed E-state index contributed by atoms with van der Waals surface area (Å²) < 4.78 is 39.0. The van der Waals surface area contributed by atoms with E-state index in [2.05, 4.69) is 9.97 Å². The van der Waals surface area contributed by atoms with Crippen LogP contribution < -0.4 is 4.74 Å². The second-order valence-electron chi connectivity index (χ2n) is 8.71. The molecule has 2 aliphatic carbocycles. The Morgan fingerprint density at radius 2 is 1.97 bits per heavy atom. The summed E-state index contributed by atoms with van der Waals surface area (Å²) in [6, 6.07) is 8.01. The van der Waals surface area contributed by atoms with Crippen molar-refractivity contribution in [3.05, 3.63) is 76.2 Å². The summed E-state index contributed by atoms with van der Waals surface area (Å²) in [5.74, 6) is -0.224. The fourth-order valence-corrected chi connectivity index (χ4v) is 4.99. The van der Waals surface area contributed by atoms with Crippen molar-refractivity contribution in [2.24, 2.45) is 11.8 Å². The van der Waals surface area contributed by atoms with Crippen molar-refractivity contribution in [1.29, 1.82) is 0 Å². The van der Waals surface area contributed by atoms with Crippen LogP contribution in [0.5, 0.6) is 5.88 Å². The maximum absolute atomic E-state index is 14.7. The van der Waals surface area contributed by atoms with Gasteiger partial charge >= 0.3 is 5.97 Å². The van der Waals surface area contributed by atoms with Gasteiger partial charge in [-0.15, -0.1) is 0 Å². The van der Waals surface area contributed by atoms with Gasteiger partial charge < -0.3 is 9.47 Å². The van der Waals surface area contributed by atoms with E-state index in [0.717, 1.165) is 34.2 Å². The van der Waals surface area contributed by atoms with E-state index in [1.165, 1.54) is 12.1 Å². The third-order valence-corrected chi connectivity index (χ3v) is 6.65. The molecule has 1 fully saturated rings. The first-order chi connectivity index (χ1) is 15.9. The zero-order valence-corrected chi connectivity index (χ0v) is 18.7.